The van der Waals surface area contributed by atoms with Gasteiger partial charge in [-0.2, -0.15) is 8.42 Å². The lowest BCUT2D eigenvalue weighted by Crippen LogP contribution is -2.24. The molecular formula is C19H20O6S. The van der Waals surface area contributed by atoms with E-state index in [1.165, 1.54) is 25.3 Å². The summed E-state index contributed by atoms with van der Waals surface area (Å²) < 4.78 is 41.3. The van der Waals surface area contributed by atoms with Crippen LogP contribution in [0.1, 0.15) is 35.3 Å². The third-order valence-electron chi connectivity index (χ3n) is 4.12. The number of carbonyl (C=O) groups is 1. The van der Waals surface area contributed by atoms with Crippen LogP contribution in [0.5, 0.6) is 11.5 Å². The van der Waals surface area contributed by atoms with Gasteiger partial charge < -0.3 is 13.7 Å². The average Bonchev–Trinajstić information content (AvgIpc) is 2.88. The predicted molar refractivity (Wildman–Crippen MR) is 95.2 cm³/mol. The molecule has 0 N–H and O–H groups in total. The van der Waals surface area contributed by atoms with Crippen molar-refractivity contribution in [2.75, 3.05) is 7.11 Å². The van der Waals surface area contributed by atoms with Gasteiger partial charge in [-0.1, -0.05) is 12.1 Å². The van der Waals surface area contributed by atoms with Crippen LogP contribution in [0.3, 0.4) is 0 Å². The highest BCUT2D eigenvalue weighted by atomic mass is 32.2. The quantitative estimate of drug-likeness (QED) is 0.602. The van der Waals surface area contributed by atoms with Gasteiger partial charge in [-0.3, -0.25) is 0 Å². The molecule has 0 atom stereocenters. The standard InChI is InChI=1S/C19H20O6S/c1-12-10-13(18(20)23-4)8-9-16(12)26(21,22)25-15-7-5-6-14-11-19(2,3)24-17(14)15/h5-10H,11H2,1-4H3. The first-order valence-corrected chi connectivity index (χ1v) is 9.48. The maximum atomic E-state index is 12.7. The fraction of sp³-hybridized carbons (Fsp3) is 0.316. The Morgan fingerprint density at radius 2 is 1.92 bits per heavy atom. The Labute approximate surface area is 152 Å². The molecule has 1 heterocycles. The molecule has 138 valence electrons. The number of esters is 1. The second-order valence-corrected chi connectivity index (χ2v) is 8.31. The van der Waals surface area contributed by atoms with Crippen LogP contribution in [-0.4, -0.2) is 27.1 Å². The average molecular weight is 376 g/mol. The van der Waals surface area contributed by atoms with Crippen LogP contribution >= 0.6 is 0 Å². The first-order valence-electron chi connectivity index (χ1n) is 8.07. The predicted octanol–water partition coefficient (Wildman–Crippen LogP) is 3.26. The van der Waals surface area contributed by atoms with Crippen molar-refractivity contribution in [3.05, 3.63) is 53.1 Å². The van der Waals surface area contributed by atoms with Gasteiger partial charge in [0.15, 0.2) is 11.5 Å². The number of benzene rings is 2. The molecule has 3 rings (SSSR count). The molecule has 0 unspecified atom stereocenters. The van der Waals surface area contributed by atoms with Crippen molar-refractivity contribution < 1.29 is 26.9 Å². The normalized spacial score (nSPS) is 15.1. The van der Waals surface area contributed by atoms with Gasteiger partial charge in [0.1, 0.15) is 10.5 Å². The van der Waals surface area contributed by atoms with E-state index in [1.54, 1.807) is 19.1 Å². The lowest BCUT2D eigenvalue weighted by atomic mass is 10.0. The SMILES string of the molecule is COC(=O)c1ccc(S(=O)(=O)Oc2cccc3c2OC(C)(C)C3)c(C)c1. The van der Waals surface area contributed by atoms with Crippen LogP contribution in [0.2, 0.25) is 0 Å². The molecular weight excluding hydrogens is 356 g/mol. The Kier molecular flexibility index (Phi) is 4.44. The zero-order chi connectivity index (χ0) is 19.1. The number of methoxy groups -OCH3 is 1. The van der Waals surface area contributed by atoms with E-state index < -0.39 is 21.7 Å². The highest BCUT2D eigenvalue weighted by Crippen LogP contribution is 2.42. The van der Waals surface area contributed by atoms with Gasteiger partial charge in [0.25, 0.3) is 0 Å². The molecule has 0 radical (unpaired) electrons. The van der Waals surface area contributed by atoms with Crippen molar-refractivity contribution >= 4 is 16.1 Å². The molecule has 26 heavy (non-hydrogen) atoms. The topological polar surface area (TPSA) is 78.9 Å². The molecule has 7 heteroatoms. The van der Waals surface area contributed by atoms with Crippen molar-refractivity contribution in [2.24, 2.45) is 0 Å². The minimum Gasteiger partial charge on any atom is -0.483 e. The number of fused-ring (bicyclic) bond motifs is 1. The van der Waals surface area contributed by atoms with E-state index in [4.69, 9.17) is 8.92 Å². The van der Waals surface area contributed by atoms with Crippen LogP contribution in [0.25, 0.3) is 0 Å². The fourth-order valence-corrected chi connectivity index (χ4v) is 4.14. The molecule has 0 saturated heterocycles. The van der Waals surface area contributed by atoms with Crippen LogP contribution in [-0.2, 0) is 21.3 Å². The third kappa shape index (κ3) is 3.39. The van der Waals surface area contributed by atoms with Crippen molar-refractivity contribution in [3.8, 4) is 11.5 Å². The van der Waals surface area contributed by atoms with Gasteiger partial charge in [-0.15, -0.1) is 0 Å². The molecule has 1 aliphatic heterocycles. The number of ether oxygens (including phenoxy) is 2. The maximum Gasteiger partial charge on any atom is 0.339 e. The first-order chi connectivity index (χ1) is 12.1. The lowest BCUT2D eigenvalue weighted by Gasteiger charge is -2.18. The summed E-state index contributed by atoms with van der Waals surface area (Å²) in [4.78, 5) is 11.6. The smallest absolute Gasteiger partial charge is 0.339 e. The number of carbonyl (C=O) groups excluding carboxylic acids is 1. The highest BCUT2D eigenvalue weighted by molar-refractivity contribution is 7.87. The number of hydrogen-bond acceptors (Lipinski definition) is 6. The van der Waals surface area contributed by atoms with Gasteiger partial charge in [-0.25, -0.2) is 4.79 Å². The van der Waals surface area contributed by atoms with Gasteiger partial charge in [-0.05, 0) is 50.6 Å². The lowest BCUT2D eigenvalue weighted by molar-refractivity contribution is 0.0600. The Morgan fingerprint density at radius 1 is 1.19 bits per heavy atom. The van der Waals surface area contributed by atoms with E-state index in [0.29, 0.717) is 17.7 Å². The van der Waals surface area contributed by atoms with Crippen molar-refractivity contribution in [1.82, 2.24) is 0 Å². The summed E-state index contributed by atoms with van der Waals surface area (Å²) in [5, 5.41) is 0. The second kappa shape index (κ2) is 6.32. The van der Waals surface area contributed by atoms with Crippen LogP contribution < -0.4 is 8.92 Å². The highest BCUT2D eigenvalue weighted by Gasteiger charge is 2.34. The van der Waals surface area contributed by atoms with Crippen molar-refractivity contribution in [2.45, 2.75) is 37.7 Å². The Bertz CT molecular complexity index is 976. The van der Waals surface area contributed by atoms with Crippen LogP contribution in [0, 0.1) is 6.92 Å². The van der Waals surface area contributed by atoms with E-state index >= 15 is 0 Å². The zero-order valence-electron chi connectivity index (χ0n) is 15.0. The summed E-state index contributed by atoms with van der Waals surface area (Å²) in [6.45, 7) is 5.46. The minimum atomic E-state index is -4.08. The Hall–Kier alpha value is -2.54. The number of para-hydroxylation sites is 1. The molecule has 0 spiro atoms. The molecule has 0 fully saturated rings. The molecule has 2 aromatic rings. The molecule has 1 aliphatic rings. The number of rotatable bonds is 4. The van der Waals surface area contributed by atoms with E-state index in [0.717, 1.165) is 5.56 Å². The van der Waals surface area contributed by atoms with E-state index in [2.05, 4.69) is 4.74 Å². The molecule has 0 bridgehead atoms. The van der Waals surface area contributed by atoms with Crippen LogP contribution in [0.15, 0.2) is 41.3 Å². The minimum absolute atomic E-state index is 0.0139. The summed E-state index contributed by atoms with van der Waals surface area (Å²) in [6, 6.07) is 9.38. The molecule has 0 saturated carbocycles. The first kappa shape index (κ1) is 18.3. The van der Waals surface area contributed by atoms with Gasteiger partial charge in [0, 0.05) is 12.0 Å². The molecule has 0 amide bonds. The Balaban J connectivity index is 1.95. The largest absolute Gasteiger partial charge is 0.483 e. The second-order valence-electron chi connectivity index (χ2n) is 6.79. The van der Waals surface area contributed by atoms with E-state index in [9.17, 15) is 13.2 Å². The van der Waals surface area contributed by atoms with Crippen LogP contribution in [0.4, 0.5) is 0 Å². The summed E-state index contributed by atoms with van der Waals surface area (Å²) in [6.07, 6.45) is 0.673. The van der Waals surface area contributed by atoms with Crippen molar-refractivity contribution in [1.29, 1.82) is 0 Å². The summed E-state index contributed by atoms with van der Waals surface area (Å²) in [5.41, 5.74) is 1.15. The zero-order valence-corrected chi connectivity index (χ0v) is 15.8. The summed E-state index contributed by atoms with van der Waals surface area (Å²) >= 11 is 0. The molecule has 0 aromatic heterocycles. The number of hydrogen-bond donors (Lipinski definition) is 0. The fourth-order valence-electron chi connectivity index (χ4n) is 2.99. The molecule has 2 aromatic carbocycles. The molecule has 6 nitrogen and oxygen atoms in total. The third-order valence-corrected chi connectivity index (χ3v) is 5.52. The Morgan fingerprint density at radius 3 is 2.58 bits per heavy atom. The van der Waals surface area contributed by atoms with Crippen molar-refractivity contribution in [3.63, 3.8) is 0 Å². The van der Waals surface area contributed by atoms with Gasteiger partial charge in [0.05, 0.1) is 12.7 Å². The molecule has 0 aliphatic carbocycles. The monoisotopic (exact) mass is 376 g/mol. The van der Waals surface area contributed by atoms with E-state index in [1.807, 2.05) is 19.9 Å². The summed E-state index contributed by atoms with van der Waals surface area (Å²) in [7, 11) is -2.82. The summed E-state index contributed by atoms with van der Waals surface area (Å²) in [5.74, 6) is 0.0731. The van der Waals surface area contributed by atoms with E-state index in [-0.39, 0.29) is 16.2 Å². The van der Waals surface area contributed by atoms with Gasteiger partial charge >= 0.3 is 16.1 Å². The number of aryl methyl sites for hydroxylation is 1. The van der Waals surface area contributed by atoms with Gasteiger partial charge in [0.2, 0.25) is 0 Å². The maximum absolute atomic E-state index is 12.7.